The Kier molecular flexibility index (Phi) is 4.44. The van der Waals surface area contributed by atoms with Crippen LogP contribution in [0.4, 0.5) is 11.6 Å². The van der Waals surface area contributed by atoms with Crippen LogP contribution in [0.3, 0.4) is 0 Å². The van der Waals surface area contributed by atoms with Crippen molar-refractivity contribution in [1.29, 1.82) is 0 Å². The highest BCUT2D eigenvalue weighted by Crippen LogP contribution is 2.32. The van der Waals surface area contributed by atoms with E-state index in [2.05, 4.69) is 20.3 Å². The van der Waals surface area contributed by atoms with Gasteiger partial charge < -0.3 is 15.2 Å². The minimum absolute atomic E-state index is 0.208. The van der Waals surface area contributed by atoms with Crippen LogP contribution in [-0.2, 0) is 0 Å². The summed E-state index contributed by atoms with van der Waals surface area (Å²) in [5.74, 6) is 1.79. The van der Waals surface area contributed by atoms with Gasteiger partial charge >= 0.3 is 5.95 Å². The van der Waals surface area contributed by atoms with E-state index < -0.39 is 0 Å². The van der Waals surface area contributed by atoms with E-state index >= 15 is 0 Å². The number of fused-ring (bicyclic) bond motifs is 1. The first kappa shape index (κ1) is 16.6. The van der Waals surface area contributed by atoms with Gasteiger partial charge in [-0.3, -0.25) is 10.1 Å². The Balaban J connectivity index is 1.58. The van der Waals surface area contributed by atoms with Crippen molar-refractivity contribution in [1.82, 2.24) is 9.97 Å². The van der Waals surface area contributed by atoms with Crippen LogP contribution in [-0.4, -0.2) is 29.1 Å². The van der Waals surface area contributed by atoms with Crippen molar-refractivity contribution in [3.8, 4) is 22.8 Å². The molecular formula is C19H18N5O3+. The van der Waals surface area contributed by atoms with Gasteiger partial charge in [-0.15, -0.1) is 4.98 Å². The standard InChI is InChI=1S/C19H17N5O3/c20-18(21-13-6-7-15-16(10-13)27-9-8-26-15)24-19-22-14(11-17(25)23-19)12-4-2-1-3-5-12/h1-7,10-11H,8-9H2,(H4,20,21,22,23,24,25)/p+1. The molecule has 0 aliphatic carbocycles. The number of hydrogen-bond donors (Lipinski definition) is 4. The molecule has 3 aromatic rings. The predicted octanol–water partition coefficient (Wildman–Crippen LogP) is 0.347. The Bertz CT molecular complexity index is 1050. The molecule has 0 spiro atoms. The normalized spacial score (nSPS) is 13.3. The zero-order valence-electron chi connectivity index (χ0n) is 14.4. The van der Waals surface area contributed by atoms with Crippen LogP contribution < -0.4 is 31.1 Å². The molecule has 0 radical (unpaired) electrons. The number of anilines is 1. The molecule has 0 amide bonds. The van der Waals surface area contributed by atoms with Gasteiger partial charge in [-0.2, -0.15) is 0 Å². The first-order valence-electron chi connectivity index (χ1n) is 8.40. The van der Waals surface area contributed by atoms with Crippen molar-refractivity contribution in [3.63, 3.8) is 0 Å². The Labute approximate surface area is 154 Å². The first-order valence-corrected chi connectivity index (χ1v) is 8.40. The molecule has 1 aliphatic rings. The lowest BCUT2D eigenvalue weighted by atomic mass is 10.1. The molecule has 0 saturated carbocycles. The lowest BCUT2D eigenvalue weighted by Gasteiger charge is -2.18. The van der Waals surface area contributed by atoms with Crippen LogP contribution in [0.25, 0.3) is 11.3 Å². The topological polar surface area (TPSA) is 116 Å². The summed E-state index contributed by atoms with van der Waals surface area (Å²) in [7, 11) is 0. The lowest BCUT2D eigenvalue weighted by Crippen LogP contribution is -2.73. The molecule has 136 valence electrons. The summed E-state index contributed by atoms with van der Waals surface area (Å²) in [5.41, 5.74) is 7.84. The largest absolute Gasteiger partial charge is 0.486 e. The summed E-state index contributed by atoms with van der Waals surface area (Å²) in [6, 6.07) is 16.3. The third-order valence-corrected chi connectivity index (χ3v) is 3.89. The van der Waals surface area contributed by atoms with Crippen molar-refractivity contribution in [2.24, 2.45) is 5.73 Å². The Morgan fingerprint density at radius 2 is 1.85 bits per heavy atom. The first-order chi connectivity index (χ1) is 13.2. The van der Waals surface area contributed by atoms with Gasteiger partial charge in [0.05, 0.1) is 5.69 Å². The van der Waals surface area contributed by atoms with E-state index in [0.717, 1.165) is 5.56 Å². The van der Waals surface area contributed by atoms with Crippen LogP contribution in [0, 0.1) is 0 Å². The number of rotatable bonds is 3. The maximum atomic E-state index is 11.9. The molecular weight excluding hydrogens is 346 g/mol. The second-order valence-electron chi connectivity index (χ2n) is 5.87. The van der Waals surface area contributed by atoms with Crippen LogP contribution in [0.5, 0.6) is 11.5 Å². The van der Waals surface area contributed by atoms with Crippen molar-refractivity contribution >= 4 is 17.6 Å². The van der Waals surface area contributed by atoms with Crippen LogP contribution >= 0.6 is 0 Å². The van der Waals surface area contributed by atoms with Gasteiger partial charge in [-0.05, 0) is 12.1 Å². The zero-order valence-corrected chi connectivity index (χ0v) is 14.4. The minimum Gasteiger partial charge on any atom is -0.486 e. The fourth-order valence-corrected chi connectivity index (χ4v) is 2.71. The number of nitrogens with two attached hydrogens (primary N) is 1. The molecule has 27 heavy (non-hydrogen) atoms. The predicted molar refractivity (Wildman–Crippen MR) is 101 cm³/mol. The summed E-state index contributed by atoms with van der Waals surface area (Å²) in [6.07, 6.45) is 0. The van der Waals surface area contributed by atoms with E-state index in [-0.39, 0.29) is 17.5 Å². The number of H-pyrrole nitrogens is 1. The third-order valence-electron chi connectivity index (χ3n) is 3.89. The van der Waals surface area contributed by atoms with Crippen molar-refractivity contribution < 1.29 is 14.5 Å². The van der Waals surface area contributed by atoms with Crippen molar-refractivity contribution in [3.05, 3.63) is 65.0 Å². The monoisotopic (exact) mass is 364 g/mol. The lowest BCUT2D eigenvalue weighted by molar-refractivity contribution is -0.365. The van der Waals surface area contributed by atoms with Gasteiger partial charge in [0.25, 0.3) is 11.5 Å². The van der Waals surface area contributed by atoms with Gasteiger partial charge in [0.2, 0.25) is 0 Å². The molecule has 2 aromatic carbocycles. The minimum atomic E-state index is -0.279. The van der Waals surface area contributed by atoms with Gasteiger partial charge in [-0.25, -0.2) is 9.98 Å². The van der Waals surface area contributed by atoms with Crippen LogP contribution in [0.1, 0.15) is 0 Å². The molecule has 1 aromatic heterocycles. The summed E-state index contributed by atoms with van der Waals surface area (Å²) in [6.45, 7) is 1.04. The fraction of sp³-hybridized carbons (Fsp3) is 0.105. The quantitative estimate of drug-likeness (QED) is 0.394. The Hall–Kier alpha value is -3.81. The van der Waals surface area contributed by atoms with Gasteiger partial charge in [-0.1, -0.05) is 30.3 Å². The molecule has 4 rings (SSSR count). The van der Waals surface area contributed by atoms with E-state index in [1.807, 2.05) is 36.4 Å². The van der Waals surface area contributed by atoms with Crippen LogP contribution in [0.15, 0.2) is 59.4 Å². The summed E-state index contributed by atoms with van der Waals surface area (Å²) in [4.78, 5) is 21.8. The van der Waals surface area contributed by atoms with Gasteiger partial charge in [0.1, 0.15) is 18.9 Å². The summed E-state index contributed by atoms with van der Waals surface area (Å²) in [5, 5.41) is 3.00. The molecule has 0 unspecified atom stereocenters. The third kappa shape index (κ3) is 3.90. The number of nitrogens with zero attached hydrogens (tertiary/aromatic N) is 1. The van der Waals surface area contributed by atoms with Gasteiger partial charge in [0, 0.05) is 17.7 Å². The Morgan fingerprint density at radius 3 is 2.67 bits per heavy atom. The number of guanidine groups is 1. The highest BCUT2D eigenvalue weighted by Gasteiger charge is 2.13. The van der Waals surface area contributed by atoms with E-state index in [1.54, 1.807) is 12.1 Å². The second kappa shape index (κ2) is 7.20. The number of hydrogen-bond acceptors (Lipinski definition) is 4. The molecule has 0 bridgehead atoms. The number of nitrogens with one attached hydrogen (secondary N) is 3. The highest BCUT2D eigenvalue weighted by atomic mass is 16.6. The number of benzene rings is 2. The van der Waals surface area contributed by atoms with E-state index in [0.29, 0.717) is 36.1 Å². The second-order valence-corrected chi connectivity index (χ2v) is 5.87. The zero-order chi connectivity index (χ0) is 18.6. The van der Waals surface area contributed by atoms with Crippen molar-refractivity contribution in [2.75, 3.05) is 18.5 Å². The molecule has 0 saturated heterocycles. The molecule has 8 heteroatoms. The van der Waals surface area contributed by atoms with Gasteiger partial charge in [0.15, 0.2) is 11.5 Å². The maximum Gasteiger partial charge on any atom is 0.326 e. The van der Waals surface area contributed by atoms with E-state index in [9.17, 15) is 4.79 Å². The molecule has 5 N–H and O–H groups in total. The molecule has 8 nitrogen and oxygen atoms in total. The summed E-state index contributed by atoms with van der Waals surface area (Å²) >= 11 is 0. The number of aromatic amines is 1. The van der Waals surface area contributed by atoms with Crippen molar-refractivity contribution in [2.45, 2.75) is 0 Å². The molecule has 2 heterocycles. The molecule has 0 fully saturated rings. The molecule has 0 atom stereocenters. The average Bonchev–Trinajstić information content (AvgIpc) is 2.68. The average molecular weight is 364 g/mol. The number of aromatic nitrogens is 2. The smallest absolute Gasteiger partial charge is 0.326 e. The number of ether oxygens (including phenoxy) is 2. The fourth-order valence-electron chi connectivity index (χ4n) is 2.71. The van der Waals surface area contributed by atoms with Crippen LogP contribution in [0.2, 0.25) is 0 Å². The highest BCUT2D eigenvalue weighted by molar-refractivity contribution is 5.88. The maximum absolute atomic E-state index is 11.9. The Morgan fingerprint density at radius 1 is 1.07 bits per heavy atom. The molecule has 1 aliphatic heterocycles. The summed E-state index contributed by atoms with van der Waals surface area (Å²) < 4.78 is 11.0. The van der Waals surface area contributed by atoms with E-state index in [1.165, 1.54) is 6.07 Å². The van der Waals surface area contributed by atoms with E-state index in [4.69, 9.17) is 15.2 Å². The SMILES string of the molecule is NC(Nc1ccc2c(c1)OCCO2)=[NH+]c1nc(-c2ccccc2)cc(=O)[nH]1.